The van der Waals surface area contributed by atoms with Gasteiger partial charge in [-0.3, -0.25) is 24.3 Å². The van der Waals surface area contributed by atoms with Crippen molar-refractivity contribution in [3.8, 4) is 11.5 Å². The lowest BCUT2D eigenvalue weighted by molar-refractivity contribution is -0.152. The molecule has 2 fully saturated rings. The highest BCUT2D eigenvalue weighted by Crippen LogP contribution is 2.46. The molecule has 0 radical (unpaired) electrons. The largest absolute Gasteiger partial charge is 0.497 e. The summed E-state index contributed by atoms with van der Waals surface area (Å²) < 4.78 is 40.5. The second-order valence-corrected chi connectivity index (χ2v) is 12.5. The minimum atomic E-state index is -4.19. The first-order chi connectivity index (χ1) is 18.9. The molecule has 17 heteroatoms. The zero-order valence-electron chi connectivity index (χ0n) is 22.6. The Bertz CT molecular complexity index is 1200. The molecule has 0 aromatic heterocycles. The number of alkyl halides is 1. The minimum absolute atomic E-state index is 0.0322. The van der Waals surface area contributed by atoms with Gasteiger partial charge in [-0.05, 0) is 43.6 Å². The van der Waals surface area contributed by atoms with E-state index in [0.29, 0.717) is 5.75 Å². The van der Waals surface area contributed by atoms with E-state index in [0.717, 1.165) is 0 Å². The maximum Gasteiger partial charge on any atom is 0.459 e. The van der Waals surface area contributed by atoms with Crippen LogP contribution in [-0.2, 0) is 28.2 Å². The van der Waals surface area contributed by atoms with Gasteiger partial charge in [-0.15, -0.1) is 0 Å². The van der Waals surface area contributed by atoms with Crippen molar-refractivity contribution in [1.29, 1.82) is 0 Å². The molecule has 0 saturated carbocycles. The molecule has 2 N–H and O–H groups in total. The molecule has 2 heterocycles. The number of halogens is 1. The van der Waals surface area contributed by atoms with Crippen molar-refractivity contribution >= 4 is 41.4 Å². The number of Topliss-reactive ketones (excluding diaryl/α,β-unsaturated/α-hetero) is 1. The molecule has 2 saturated heterocycles. The van der Waals surface area contributed by atoms with Gasteiger partial charge in [0.2, 0.25) is 5.91 Å². The van der Waals surface area contributed by atoms with Crippen molar-refractivity contribution in [2.24, 2.45) is 5.11 Å². The molecule has 2 aliphatic heterocycles. The van der Waals surface area contributed by atoms with Gasteiger partial charge >= 0.3 is 13.8 Å². The second-order valence-electron chi connectivity index (χ2n) is 9.20. The maximum absolute atomic E-state index is 13.8. The number of amides is 3. The first kappa shape index (κ1) is 31.8. The summed E-state index contributed by atoms with van der Waals surface area (Å²) in [5.74, 6) is -0.0896. The number of carbonyl (C=O) groups excluding carboxylic acids is 3. The summed E-state index contributed by atoms with van der Waals surface area (Å²) in [6.45, 7) is 4.34. The highest BCUT2D eigenvalue weighted by Gasteiger charge is 2.54. The molecule has 3 amide bonds. The number of nitrogens with zero attached hydrogens (tertiary/aromatic N) is 4. The van der Waals surface area contributed by atoms with E-state index in [2.05, 4.69) is 36.4 Å². The van der Waals surface area contributed by atoms with Gasteiger partial charge in [0.15, 0.2) is 6.23 Å². The van der Waals surface area contributed by atoms with Crippen molar-refractivity contribution in [2.75, 3.05) is 20.8 Å². The van der Waals surface area contributed by atoms with Crippen molar-refractivity contribution in [3.05, 3.63) is 34.7 Å². The Morgan fingerprint density at radius 1 is 1.35 bits per heavy atom. The van der Waals surface area contributed by atoms with E-state index in [1.807, 2.05) is 0 Å². The van der Waals surface area contributed by atoms with Gasteiger partial charge in [0.25, 0.3) is 0 Å². The van der Waals surface area contributed by atoms with Gasteiger partial charge in [0, 0.05) is 24.9 Å². The van der Waals surface area contributed by atoms with E-state index in [1.54, 1.807) is 19.1 Å². The lowest BCUT2D eigenvalue weighted by atomic mass is 10.0. The Hall–Kier alpha value is -2.71. The molecular formula is C23H32BrN6O9P. The normalized spacial score (nSPS) is 28.7. The van der Waals surface area contributed by atoms with Crippen LogP contribution in [0.1, 0.15) is 33.6 Å². The van der Waals surface area contributed by atoms with Gasteiger partial charge in [0.1, 0.15) is 27.8 Å². The Labute approximate surface area is 239 Å². The molecule has 220 valence electrons. The number of nitrogens with one attached hydrogen (secondary N) is 2. The second kappa shape index (κ2) is 13.3. The van der Waals surface area contributed by atoms with Gasteiger partial charge in [0.05, 0.1) is 31.9 Å². The molecule has 0 spiro atoms. The number of ether oxygens (including phenoxy) is 3. The van der Waals surface area contributed by atoms with Crippen LogP contribution in [0.4, 0.5) is 4.79 Å². The average Bonchev–Trinajstić information content (AvgIpc) is 3.31. The third-order valence-electron chi connectivity index (χ3n) is 6.43. The van der Waals surface area contributed by atoms with Crippen LogP contribution in [0.5, 0.6) is 11.5 Å². The Morgan fingerprint density at radius 3 is 2.58 bits per heavy atom. The van der Waals surface area contributed by atoms with Gasteiger partial charge in [-0.1, -0.05) is 28.0 Å². The summed E-state index contributed by atoms with van der Waals surface area (Å²) in [5, 5.41) is 8.64. The quantitative estimate of drug-likeness (QED) is 0.105. The Morgan fingerprint density at radius 2 is 2.00 bits per heavy atom. The van der Waals surface area contributed by atoms with Crippen LogP contribution in [0.25, 0.3) is 10.4 Å². The fourth-order valence-corrected chi connectivity index (χ4v) is 6.30. The average molecular weight is 647 g/mol. The lowest BCUT2D eigenvalue weighted by Crippen LogP contribution is -2.69. The summed E-state index contributed by atoms with van der Waals surface area (Å²) in [6, 6.07) is 3.76. The maximum atomic E-state index is 13.8. The number of rotatable bonds is 13. The number of azide groups is 1. The smallest absolute Gasteiger partial charge is 0.459 e. The molecule has 40 heavy (non-hydrogen) atoms. The highest BCUT2D eigenvalue weighted by atomic mass is 79.9. The van der Waals surface area contributed by atoms with Gasteiger partial charge in [-0.25, -0.2) is 14.4 Å². The monoisotopic (exact) mass is 646 g/mol. The molecule has 2 aliphatic rings. The Balaban J connectivity index is 1.82. The summed E-state index contributed by atoms with van der Waals surface area (Å²) in [6.07, 6.45) is -2.80. The van der Waals surface area contributed by atoms with Crippen molar-refractivity contribution in [3.63, 3.8) is 0 Å². The van der Waals surface area contributed by atoms with E-state index < -0.39 is 61.3 Å². The number of methoxy groups -OCH3 is 2. The highest BCUT2D eigenvalue weighted by molar-refractivity contribution is 9.10. The zero-order valence-corrected chi connectivity index (χ0v) is 25.1. The summed E-state index contributed by atoms with van der Waals surface area (Å²) in [7, 11) is -1.36. The van der Waals surface area contributed by atoms with Gasteiger partial charge < -0.3 is 18.7 Å². The third kappa shape index (κ3) is 7.13. The van der Waals surface area contributed by atoms with Crippen LogP contribution in [0.15, 0.2) is 29.4 Å². The van der Waals surface area contributed by atoms with Crippen LogP contribution in [0, 0.1) is 0 Å². The van der Waals surface area contributed by atoms with E-state index in [9.17, 15) is 18.9 Å². The van der Waals surface area contributed by atoms with Crippen molar-refractivity contribution < 1.29 is 42.2 Å². The SMILES string of the molecule is CCC(=O)C(C)NP(=O)(OCC1OC(N2C(=O)NC(=O)C(C)(Br)C2OC)CC1N=[N+]=[N-])Oc1ccc(OC)cc1. The predicted octanol–water partition coefficient (Wildman–Crippen LogP) is 3.63. The Kier molecular flexibility index (Phi) is 10.6. The molecular weight excluding hydrogens is 615 g/mol. The van der Waals surface area contributed by atoms with Crippen LogP contribution >= 0.6 is 23.7 Å². The van der Waals surface area contributed by atoms with E-state index in [-0.39, 0.29) is 24.4 Å². The van der Waals surface area contributed by atoms with Crippen LogP contribution in [0.3, 0.4) is 0 Å². The number of carbonyl (C=O) groups is 3. The molecule has 1 aromatic rings. The van der Waals surface area contributed by atoms with E-state index in [1.165, 1.54) is 45.1 Å². The predicted molar refractivity (Wildman–Crippen MR) is 145 cm³/mol. The summed E-state index contributed by atoms with van der Waals surface area (Å²) in [4.78, 5) is 41.4. The number of imide groups is 1. The van der Waals surface area contributed by atoms with Crippen LogP contribution in [-0.4, -0.2) is 78.4 Å². The van der Waals surface area contributed by atoms with Crippen LogP contribution in [0.2, 0.25) is 0 Å². The molecule has 7 atom stereocenters. The fourth-order valence-electron chi connectivity index (χ4n) is 4.26. The summed E-state index contributed by atoms with van der Waals surface area (Å²) >= 11 is 3.31. The molecule has 15 nitrogen and oxygen atoms in total. The number of benzene rings is 1. The summed E-state index contributed by atoms with van der Waals surface area (Å²) in [5.41, 5.74) is 9.13. The third-order valence-corrected chi connectivity index (χ3v) is 8.83. The minimum Gasteiger partial charge on any atom is -0.497 e. The van der Waals surface area contributed by atoms with E-state index >= 15 is 0 Å². The first-order valence-corrected chi connectivity index (χ1v) is 14.7. The number of hydrogen-bond acceptors (Lipinski definition) is 10. The number of urea groups is 1. The molecule has 1 aromatic carbocycles. The van der Waals surface area contributed by atoms with Crippen LogP contribution < -0.4 is 19.7 Å². The van der Waals surface area contributed by atoms with Gasteiger partial charge in [-0.2, -0.15) is 0 Å². The first-order valence-electron chi connectivity index (χ1n) is 12.3. The number of ketones is 1. The topological polar surface area (TPSA) is 190 Å². The standard InChI is InChI=1S/C23H32BrN6O9P/c1-6-17(31)13(2)28-40(34,39-15-9-7-14(35-4)8-10-15)37-12-18-16(27-29-25)11-19(38-18)30-21(36-5)23(3,24)20(32)26-22(30)33/h7-10,13,16,18-19,21H,6,11-12H2,1-5H3,(H,28,34)(H,26,32,33). The molecule has 0 bridgehead atoms. The molecule has 7 unspecified atom stereocenters. The van der Waals surface area contributed by atoms with Crippen molar-refractivity contribution in [1.82, 2.24) is 15.3 Å². The van der Waals surface area contributed by atoms with E-state index in [4.69, 9.17) is 28.8 Å². The van der Waals surface area contributed by atoms with Crippen molar-refractivity contribution in [2.45, 2.75) is 68.6 Å². The number of hydrogen-bond donors (Lipinski definition) is 2. The lowest BCUT2D eigenvalue weighted by Gasteiger charge is -2.44. The molecule has 0 aliphatic carbocycles. The zero-order chi connectivity index (χ0) is 29.7. The molecule has 3 rings (SSSR count). The fraction of sp³-hybridized carbons (Fsp3) is 0.609.